The first kappa shape index (κ1) is 14.3. The molecule has 0 bridgehead atoms. The standard InChI is InChI=1S/C16H15ClN2OS/c1-4-11-5-6-13(21-11)16-18-14-9(2)7-10(20-3)8-12(14)15(17)19-16/h5-8H,4H2,1-3H3. The molecule has 3 aromatic rings. The van der Waals surface area contributed by atoms with E-state index < -0.39 is 0 Å². The van der Waals surface area contributed by atoms with Crippen LogP contribution in [0.4, 0.5) is 0 Å². The van der Waals surface area contributed by atoms with Crippen LogP contribution in [0, 0.1) is 6.92 Å². The van der Waals surface area contributed by atoms with Crippen molar-refractivity contribution in [3.63, 3.8) is 0 Å². The molecule has 0 unspecified atom stereocenters. The summed E-state index contributed by atoms with van der Waals surface area (Å²) in [5.74, 6) is 1.45. The summed E-state index contributed by atoms with van der Waals surface area (Å²) in [5.41, 5.74) is 1.90. The molecule has 0 N–H and O–H groups in total. The van der Waals surface area contributed by atoms with Crippen LogP contribution in [0.15, 0.2) is 24.3 Å². The number of aromatic nitrogens is 2. The van der Waals surface area contributed by atoms with E-state index in [4.69, 9.17) is 16.3 Å². The minimum atomic E-state index is 0.462. The van der Waals surface area contributed by atoms with Gasteiger partial charge in [0.05, 0.1) is 17.5 Å². The van der Waals surface area contributed by atoms with Gasteiger partial charge in [-0.15, -0.1) is 11.3 Å². The van der Waals surface area contributed by atoms with Crippen LogP contribution in [0.1, 0.15) is 17.4 Å². The third-order valence-electron chi connectivity index (χ3n) is 3.38. The van der Waals surface area contributed by atoms with Crippen LogP contribution in [0.2, 0.25) is 5.15 Å². The van der Waals surface area contributed by atoms with Crippen molar-refractivity contribution in [2.45, 2.75) is 20.3 Å². The maximum atomic E-state index is 6.35. The van der Waals surface area contributed by atoms with Gasteiger partial charge in [0, 0.05) is 10.3 Å². The molecule has 0 aliphatic rings. The molecule has 0 radical (unpaired) electrons. The molecule has 3 rings (SSSR count). The molecule has 1 aromatic carbocycles. The van der Waals surface area contributed by atoms with Gasteiger partial charge in [0.15, 0.2) is 5.82 Å². The Balaban J connectivity index is 2.20. The molecule has 0 aliphatic carbocycles. The summed E-state index contributed by atoms with van der Waals surface area (Å²) in [5, 5.41) is 1.29. The molecule has 2 aromatic heterocycles. The van der Waals surface area contributed by atoms with Crippen molar-refractivity contribution in [2.24, 2.45) is 0 Å². The summed E-state index contributed by atoms with van der Waals surface area (Å²) in [6.45, 7) is 4.14. The van der Waals surface area contributed by atoms with Crippen LogP contribution in [-0.4, -0.2) is 17.1 Å². The van der Waals surface area contributed by atoms with Gasteiger partial charge in [-0.3, -0.25) is 0 Å². The highest BCUT2D eigenvalue weighted by molar-refractivity contribution is 7.15. The number of nitrogens with zero attached hydrogens (tertiary/aromatic N) is 2. The number of ether oxygens (including phenoxy) is 1. The smallest absolute Gasteiger partial charge is 0.171 e. The van der Waals surface area contributed by atoms with Crippen molar-refractivity contribution in [2.75, 3.05) is 7.11 Å². The van der Waals surface area contributed by atoms with Crippen molar-refractivity contribution in [1.82, 2.24) is 9.97 Å². The maximum absolute atomic E-state index is 6.35. The lowest BCUT2D eigenvalue weighted by atomic mass is 10.1. The number of benzene rings is 1. The zero-order valence-corrected chi connectivity index (χ0v) is 13.7. The van der Waals surface area contributed by atoms with Gasteiger partial charge < -0.3 is 4.74 Å². The normalized spacial score (nSPS) is 11.0. The molecule has 0 saturated carbocycles. The molecule has 21 heavy (non-hydrogen) atoms. The number of fused-ring (bicyclic) bond motifs is 1. The monoisotopic (exact) mass is 318 g/mol. The number of halogens is 1. The lowest BCUT2D eigenvalue weighted by Crippen LogP contribution is -1.94. The van der Waals surface area contributed by atoms with E-state index in [1.807, 2.05) is 19.1 Å². The zero-order valence-electron chi connectivity index (χ0n) is 12.1. The highest BCUT2D eigenvalue weighted by Gasteiger charge is 2.12. The Morgan fingerprint density at radius 3 is 2.71 bits per heavy atom. The fourth-order valence-corrected chi connectivity index (χ4v) is 3.36. The average molecular weight is 319 g/mol. The van der Waals surface area contributed by atoms with E-state index in [9.17, 15) is 0 Å². The Kier molecular flexibility index (Phi) is 3.83. The fourth-order valence-electron chi connectivity index (χ4n) is 2.25. The van der Waals surface area contributed by atoms with E-state index in [1.54, 1.807) is 18.4 Å². The second kappa shape index (κ2) is 5.62. The molecule has 0 atom stereocenters. The largest absolute Gasteiger partial charge is 0.497 e. The van der Waals surface area contributed by atoms with E-state index in [2.05, 4.69) is 29.0 Å². The highest BCUT2D eigenvalue weighted by Crippen LogP contribution is 2.32. The molecular formula is C16H15ClN2OS. The fraction of sp³-hybridized carbons (Fsp3) is 0.250. The number of rotatable bonds is 3. The topological polar surface area (TPSA) is 35.0 Å². The molecule has 0 fully saturated rings. The Bertz CT molecular complexity index is 813. The van der Waals surface area contributed by atoms with Crippen molar-refractivity contribution in [1.29, 1.82) is 0 Å². The summed E-state index contributed by atoms with van der Waals surface area (Å²) in [4.78, 5) is 11.5. The summed E-state index contributed by atoms with van der Waals surface area (Å²) < 4.78 is 5.28. The second-order valence-electron chi connectivity index (χ2n) is 4.80. The predicted octanol–water partition coefficient (Wildman–Crippen LogP) is 4.89. The average Bonchev–Trinajstić information content (AvgIpc) is 2.96. The first-order valence-electron chi connectivity index (χ1n) is 6.73. The predicted molar refractivity (Wildman–Crippen MR) is 88.5 cm³/mol. The molecular weight excluding hydrogens is 304 g/mol. The molecule has 108 valence electrons. The van der Waals surface area contributed by atoms with Gasteiger partial charge >= 0.3 is 0 Å². The minimum Gasteiger partial charge on any atom is -0.497 e. The van der Waals surface area contributed by atoms with Gasteiger partial charge in [-0.05, 0) is 43.2 Å². The second-order valence-corrected chi connectivity index (χ2v) is 6.32. The van der Waals surface area contributed by atoms with E-state index in [-0.39, 0.29) is 0 Å². The van der Waals surface area contributed by atoms with Gasteiger partial charge in [-0.25, -0.2) is 9.97 Å². The molecule has 5 heteroatoms. The first-order valence-corrected chi connectivity index (χ1v) is 7.92. The zero-order chi connectivity index (χ0) is 15.0. The third kappa shape index (κ3) is 2.61. The Morgan fingerprint density at radius 1 is 1.24 bits per heavy atom. The van der Waals surface area contributed by atoms with Crippen LogP contribution in [0.25, 0.3) is 21.6 Å². The summed E-state index contributed by atoms with van der Waals surface area (Å²) in [6, 6.07) is 8.00. The summed E-state index contributed by atoms with van der Waals surface area (Å²) >= 11 is 8.06. The van der Waals surface area contributed by atoms with Gasteiger partial charge in [0.1, 0.15) is 10.9 Å². The molecule has 3 nitrogen and oxygen atoms in total. The van der Waals surface area contributed by atoms with Crippen molar-refractivity contribution in [3.8, 4) is 16.5 Å². The first-order chi connectivity index (χ1) is 10.1. The van der Waals surface area contributed by atoms with Crippen LogP contribution in [-0.2, 0) is 6.42 Å². The van der Waals surface area contributed by atoms with E-state index in [1.165, 1.54) is 4.88 Å². The van der Waals surface area contributed by atoms with Crippen molar-refractivity contribution in [3.05, 3.63) is 39.9 Å². The number of hydrogen-bond donors (Lipinski definition) is 0. The van der Waals surface area contributed by atoms with Gasteiger partial charge in [0.2, 0.25) is 0 Å². The van der Waals surface area contributed by atoms with Crippen LogP contribution in [0.5, 0.6) is 5.75 Å². The lowest BCUT2D eigenvalue weighted by Gasteiger charge is -2.08. The lowest BCUT2D eigenvalue weighted by molar-refractivity contribution is 0.415. The van der Waals surface area contributed by atoms with Crippen LogP contribution < -0.4 is 4.74 Å². The number of hydrogen-bond acceptors (Lipinski definition) is 4. The van der Waals surface area contributed by atoms with Gasteiger partial charge in [0.25, 0.3) is 0 Å². The quantitative estimate of drug-likeness (QED) is 0.645. The van der Waals surface area contributed by atoms with Gasteiger partial charge in [-0.1, -0.05) is 18.5 Å². The maximum Gasteiger partial charge on any atom is 0.171 e. The Morgan fingerprint density at radius 2 is 2.05 bits per heavy atom. The van der Waals surface area contributed by atoms with Crippen molar-refractivity contribution >= 4 is 33.8 Å². The number of thiophene rings is 1. The summed E-state index contributed by atoms with van der Waals surface area (Å²) in [7, 11) is 1.64. The molecule has 0 saturated heterocycles. The van der Waals surface area contributed by atoms with Crippen molar-refractivity contribution < 1.29 is 4.74 Å². The number of aryl methyl sites for hydroxylation is 2. The SMILES string of the molecule is CCc1ccc(-c2nc(Cl)c3cc(OC)cc(C)c3n2)s1. The van der Waals surface area contributed by atoms with E-state index >= 15 is 0 Å². The third-order valence-corrected chi connectivity index (χ3v) is 4.90. The van der Waals surface area contributed by atoms with E-state index in [0.29, 0.717) is 11.0 Å². The Hall–Kier alpha value is -1.65. The minimum absolute atomic E-state index is 0.462. The molecule has 0 spiro atoms. The molecule has 2 heterocycles. The highest BCUT2D eigenvalue weighted by atomic mass is 35.5. The van der Waals surface area contributed by atoms with Crippen LogP contribution >= 0.6 is 22.9 Å². The Labute approximate surface area is 132 Å². The molecule has 0 amide bonds. The summed E-state index contributed by atoms with van der Waals surface area (Å²) in [6.07, 6.45) is 1.02. The van der Waals surface area contributed by atoms with E-state index in [0.717, 1.165) is 33.5 Å². The number of methoxy groups -OCH3 is 1. The van der Waals surface area contributed by atoms with Gasteiger partial charge in [-0.2, -0.15) is 0 Å². The van der Waals surface area contributed by atoms with Crippen LogP contribution in [0.3, 0.4) is 0 Å². The molecule has 0 aliphatic heterocycles.